The summed E-state index contributed by atoms with van der Waals surface area (Å²) < 4.78 is 1.87. The van der Waals surface area contributed by atoms with Crippen LogP contribution in [0.1, 0.15) is 20.8 Å². The number of amides is 2. The number of hydrogen-bond acceptors (Lipinski definition) is 3. The lowest BCUT2D eigenvalue weighted by molar-refractivity contribution is -0.0102. The summed E-state index contributed by atoms with van der Waals surface area (Å²) in [5.74, 6) is 0.416. The Morgan fingerprint density at radius 2 is 1.81 bits per heavy atom. The maximum Gasteiger partial charge on any atom is 0.270 e. The molecule has 6 heteroatoms. The van der Waals surface area contributed by atoms with Crippen molar-refractivity contribution in [2.45, 2.75) is 0 Å². The number of benzene rings is 1. The molecule has 0 bridgehead atoms. The van der Waals surface area contributed by atoms with E-state index in [0.717, 1.165) is 31.9 Å². The predicted octanol–water partition coefficient (Wildman–Crippen LogP) is 1.46. The highest BCUT2D eigenvalue weighted by Gasteiger charge is 2.54. The topological polar surface area (TPSA) is 57.6 Å². The quantitative estimate of drug-likeness (QED) is 0.891. The van der Waals surface area contributed by atoms with E-state index in [9.17, 15) is 9.59 Å². The summed E-state index contributed by atoms with van der Waals surface area (Å²) in [6.45, 7) is 4.07. The van der Waals surface area contributed by atoms with Crippen LogP contribution in [0.3, 0.4) is 0 Å². The van der Waals surface area contributed by atoms with Crippen molar-refractivity contribution in [3.05, 3.63) is 59.9 Å². The fourth-order valence-electron chi connectivity index (χ4n) is 4.55. The van der Waals surface area contributed by atoms with Crippen LogP contribution in [0.25, 0.3) is 0 Å². The van der Waals surface area contributed by atoms with Gasteiger partial charge < -0.3 is 19.7 Å². The molecule has 0 saturated carbocycles. The van der Waals surface area contributed by atoms with Crippen LogP contribution < -0.4 is 5.32 Å². The van der Waals surface area contributed by atoms with Crippen molar-refractivity contribution >= 4 is 11.8 Å². The molecule has 1 N–H and O–H groups in total. The van der Waals surface area contributed by atoms with Crippen molar-refractivity contribution < 1.29 is 9.59 Å². The van der Waals surface area contributed by atoms with Gasteiger partial charge in [0.1, 0.15) is 5.69 Å². The van der Waals surface area contributed by atoms with E-state index in [2.05, 4.69) is 17.3 Å². The smallest absolute Gasteiger partial charge is 0.270 e. The third-order valence-electron chi connectivity index (χ3n) is 5.99. The largest absolute Gasteiger partial charge is 0.352 e. The Kier molecular flexibility index (Phi) is 4.52. The lowest BCUT2D eigenvalue weighted by atomic mass is 9.71. The van der Waals surface area contributed by atoms with Crippen LogP contribution in [-0.4, -0.2) is 66.0 Å². The Morgan fingerprint density at radius 1 is 1.07 bits per heavy atom. The molecule has 142 valence electrons. The van der Waals surface area contributed by atoms with Crippen molar-refractivity contribution in [1.82, 2.24) is 19.7 Å². The Hall–Kier alpha value is -2.60. The number of likely N-dealkylation sites (tertiary alicyclic amines) is 2. The Balaban J connectivity index is 1.39. The van der Waals surface area contributed by atoms with E-state index >= 15 is 0 Å². The van der Waals surface area contributed by atoms with Gasteiger partial charge in [-0.05, 0) is 37.2 Å². The molecule has 1 aromatic heterocycles. The lowest BCUT2D eigenvalue weighted by Crippen LogP contribution is -2.63. The second kappa shape index (κ2) is 6.85. The summed E-state index contributed by atoms with van der Waals surface area (Å²) in [7, 11) is 4.01. The van der Waals surface area contributed by atoms with Crippen LogP contribution in [-0.2, 0) is 7.05 Å². The molecular weight excluding hydrogens is 340 g/mol. The molecule has 1 atom stereocenters. The first-order chi connectivity index (χ1) is 13.0. The summed E-state index contributed by atoms with van der Waals surface area (Å²) in [4.78, 5) is 29.3. The maximum absolute atomic E-state index is 12.7. The van der Waals surface area contributed by atoms with Gasteiger partial charge in [0.15, 0.2) is 0 Å². The van der Waals surface area contributed by atoms with Crippen LogP contribution in [0.5, 0.6) is 0 Å². The number of carbonyl (C=O) groups is 2. The molecule has 27 heavy (non-hydrogen) atoms. The minimum Gasteiger partial charge on any atom is -0.352 e. The van der Waals surface area contributed by atoms with Gasteiger partial charge in [0.2, 0.25) is 0 Å². The minimum absolute atomic E-state index is 0.0311. The Labute approximate surface area is 159 Å². The normalized spacial score (nSPS) is 21.3. The molecule has 1 aromatic carbocycles. The van der Waals surface area contributed by atoms with Gasteiger partial charge in [-0.2, -0.15) is 0 Å². The van der Waals surface area contributed by atoms with Crippen LogP contribution >= 0.6 is 0 Å². The van der Waals surface area contributed by atoms with E-state index in [4.69, 9.17) is 0 Å². The van der Waals surface area contributed by atoms with E-state index in [1.807, 2.05) is 65.2 Å². The fraction of sp³-hybridized carbons (Fsp3) is 0.429. The van der Waals surface area contributed by atoms with E-state index in [-0.39, 0.29) is 17.2 Å². The zero-order valence-corrected chi connectivity index (χ0v) is 15.9. The van der Waals surface area contributed by atoms with Gasteiger partial charge in [-0.15, -0.1) is 0 Å². The van der Waals surface area contributed by atoms with Crippen LogP contribution in [0, 0.1) is 11.3 Å². The third-order valence-corrected chi connectivity index (χ3v) is 5.99. The lowest BCUT2D eigenvalue weighted by Gasteiger charge is -2.51. The van der Waals surface area contributed by atoms with Crippen molar-refractivity contribution in [3.8, 4) is 0 Å². The average molecular weight is 366 g/mol. The molecule has 3 heterocycles. The van der Waals surface area contributed by atoms with Gasteiger partial charge in [0.05, 0.1) is 0 Å². The van der Waals surface area contributed by atoms with E-state index in [0.29, 0.717) is 18.0 Å². The van der Waals surface area contributed by atoms with Crippen molar-refractivity contribution in [2.75, 3.05) is 39.8 Å². The molecule has 2 fully saturated rings. The second-order valence-electron chi connectivity index (χ2n) is 8.00. The second-order valence-corrected chi connectivity index (χ2v) is 8.00. The monoisotopic (exact) mass is 366 g/mol. The fourth-order valence-corrected chi connectivity index (χ4v) is 4.55. The predicted molar refractivity (Wildman–Crippen MR) is 104 cm³/mol. The first kappa shape index (κ1) is 17.8. The van der Waals surface area contributed by atoms with Crippen LogP contribution in [0.2, 0.25) is 0 Å². The molecule has 1 spiro atoms. The number of rotatable bonds is 4. The number of aromatic nitrogens is 1. The summed E-state index contributed by atoms with van der Waals surface area (Å²) in [5, 5.41) is 3.09. The third kappa shape index (κ3) is 3.25. The molecule has 2 amide bonds. The highest BCUT2D eigenvalue weighted by molar-refractivity contribution is 5.94. The molecule has 4 rings (SSSR count). The molecule has 1 unspecified atom stereocenters. The molecule has 0 radical (unpaired) electrons. The van der Waals surface area contributed by atoms with E-state index < -0.39 is 0 Å². The minimum atomic E-state index is -0.0311. The molecule has 6 nitrogen and oxygen atoms in total. The Morgan fingerprint density at radius 3 is 2.48 bits per heavy atom. The van der Waals surface area contributed by atoms with Crippen LogP contribution in [0.4, 0.5) is 0 Å². The standard InChI is InChI=1S/C21H26N4O2/c1-23-12-17(11-22-19(26)16-7-4-3-5-8-16)21(13-23)14-25(15-21)20(27)18-9-6-10-24(18)2/h3-10,17H,11-15H2,1-2H3,(H,22,26). The molecule has 2 aliphatic heterocycles. The van der Waals surface area contributed by atoms with Crippen LogP contribution in [0.15, 0.2) is 48.7 Å². The summed E-state index contributed by atoms with van der Waals surface area (Å²) in [6.07, 6.45) is 1.90. The number of carbonyl (C=O) groups excluding carboxylic acids is 2. The maximum atomic E-state index is 12.7. The highest BCUT2D eigenvalue weighted by atomic mass is 16.2. The SMILES string of the molecule is CN1CC(CNC(=O)c2ccccc2)C2(C1)CN(C(=O)c1cccn1C)C2. The molecule has 0 aliphatic carbocycles. The molecule has 2 aromatic rings. The van der Waals surface area contributed by atoms with Gasteiger partial charge >= 0.3 is 0 Å². The van der Waals surface area contributed by atoms with E-state index in [1.54, 1.807) is 0 Å². The number of nitrogens with zero attached hydrogens (tertiary/aromatic N) is 3. The first-order valence-corrected chi connectivity index (χ1v) is 9.41. The van der Waals surface area contributed by atoms with Gasteiger partial charge in [0, 0.05) is 56.9 Å². The first-order valence-electron chi connectivity index (χ1n) is 9.41. The van der Waals surface area contributed by atoms with Gasteiger partial charge in [-0.25, -0.2) is 0 Å². The number of nitrogens with one attached hydrogen (secondary N) is 1. The van der Waals surface area contributed by atoms with Gasteiger partial charge in [-0.1, -0.05) is 18.2 Å². The molecule has 2 saturated heterocycles. The van der Waals surface area contributed by atoms with E-state index in [1.165, 1.54) is 0 Å². The zero-order valence-electron chi connectivity index (χ0n) is 15.9. The molecular formula is C21H26N4O2. The Bertz CT molecular complexity index is 839. The van der Waals surface area contributed by atoms with Crippen molar-refractivity contribution in [3.63, 3.8) is 0 Å². The number of aryl methyl sites for hydroxylation is 1. The highest BCUT2D eigenvalue weighted by Crippen LogP contribution is 2.43. The number of hydrogen-bond donors (Lipinski definition) is 1. The summed E-state index contributed by atoms with van der Waals surface area (Å²) >= 11 is 0. The van der Waals surface area contributed by atoms with Crippen molar-refractivity contribution in [1.29, 1.82) is 0 Å². The zero-order chi connectivity index (χ0) is 19.0. The summed E-state index contributed by atoms with van der Waals surface area (Å²) in [6, 6.07) is 13.1. The average Bonchev–Trinajstić information content (AvgIpc) is 3.21. The summed E-state index contributed by atoms with van der Waals surface area (Å²) in [5.41, 5.74) is 1.50. The molecule has 2 aliphatic rings. The van der Waals surface area contributed by atoms with Gasteiger partial charge in [-0.3, -0.25) is 9.59 Å². The van der Waals surface area contributed by atoms with Crippen molar-refractivity contribution in [2.24, 2.45) is 18.4 Å². The van der Waals surface area contributed by atoms with Gasteiger partial charge in [0.25, 0.3) is 11.8 Å².